The summed E-state index contributed by atoms with van der Waals surface area (Å²) in [5, 5.41) is 37.0. The summed E-state index contributed by atoms with van der Waals surface area (Å²) in [6.07, 6.45) is -1.03. The van der Waals surface area contributed by atoms with Crippen molar-refractivity contribution in [2.24, 2.45) is 23.5 Å². The predicted octanol–water partition coefficient (Wildman–Crippen LogP) is -0.576. The number of ketones is 1. The second-order valence-corrected chi connectivity index (χ2v) is 41.0. The molecule has 13 rings (SSSR count). The number of rotatable bonds is 48. The number of phosphoric ester groups is 1. The number of primary amides is 1. The largest absolute Gasteiger partial charge is 0.472 e. The van der Waals surface area contributed by atoms with Gasteiger partial charge >= 0.3 is 33.5 Å². The standard InChI is InChI=1S/C91H135N13O35P2/c1-49(2)77(102-85(114)63(42-73(109)99-62-21-30-128-88(62)117)100-74(110)47-103(6)28-26-93-71(107)22-29-126-32-33-127-34-35-131-141(123,124)130-31-27-94-86(115)64(104-75(111)18-19-76(104)112)46-96-72(108)23-36-140(120,121)122)87(116)101-61(9-8-25-95-89(92)118)84(113)98-54-12-10-53(11-13-54)48-129-90(119)97-45-56(106)41-69-78(125-7)60-40-55(105)39-58-15-17-66-79(134-58)83-82-81(136-66)80-70(137-82)44-91(138-80,139-83)24-20-59-38-51(4)65(132-59)16-14-57-37-50(3)52(5)67(133-57)43-68(60)135-69/h10-13,18-19,49-50,56-70,77-83,106H,4-5,8-9,14-17,20-48H2,1-3,6-7H3,(H,93,107)(H,94,115)(H,96,108)(H,97,119)(H,98,113)(H,99,109)(H,100,110)(H,101,116)(H,102,114)(H,123,124)(H3,92,95,118)(H2,120,121,122)/t50-,56+,57+,58-,59+,60+,61+,62+,63+,64+,65+,66+,67-,68+,69-,70-,77+,78-,79+,80+,81+,82-,83+,91+/m1/s1. The van der Waals surface area contributed by atoms with Crippen LogP contribution in [-0.2, 0) is 144 Å². The number of Topliss-reactive ketones (excluding diaryl/α,β-unsaturated/α-hetero) is 1. The van der Waals surface area contributed by atoms with Gasteiger partial charge in [0.2, 0.25) is 47.3 Å². The summed E-state index contributed by atoms with van der Waals surface area (Å²) in [5.74, 6) is -10.9. The Balaban J connectivity index is 0.566. The molecule has 1 aromatic rings. The molecule has 13 amide bonds. The van der Waals surface area contributed by atoms with Gasteiger partial charge in [-0.2, -0.15) is 0 Å². The number of benzene rings is 1. The fraction of sp³-hybridized carbons (Fsp3) is 0.714. The third-order valence-electron chi connectivity index (χ3n) is 26.7. The molecular formula is C91H135N13O35P2. The second-order valence-electron chi connectivity index (χ2n) is 37.8. The number of likely N-dealkylation sites (N-methyl/N-ethyl adjacent to an activating group) is 1. The Morgan fingerprint density at radius 2 is 1.34 bits per heavy atom. The summed E-state index contributed by atoms with van der Waals surface area (Å²) in [5.41, 5.74) is 8.03. The van der Waals surface area contributed by atoms with Crippen LogP contribution in [0.5, 0.6) is 0 Å². The second kappa shape index (κ2) is 51.5. The highest BCUT2D eigenvalue weighted by Crippen LogP contribution is 2.55. The van der Waals surface area contributed by atoms with Crippen LogP contribution in [0.1, 0.15) is 148 Å². The van der Waals surface area contributed by atoms with Crippen LogP contribution in [0.3, 0.4) is 0 Å². The smallest absolute Gasteiger partial charge is 0.464 e. The number of aliphatic hydroxyl groups excluding tert-OH is 1. The number of carbonyl (C=O) groups is 14. The molecule has 0 saturated carbocycles. The molecule has 16 N–H and O–H groups in total. The van der Waals surface area contributed by atoms with Gasteiger partial charge in [-0.3, -0.25) is 76.2 Å². The fourth-order valence-electron chi connectivity index (χ4n) is 19.5. The molecule has 50 heteroatoms. The maximum absolute atomic E-state index is 14.6. The van der Waals surface area contributed by atoms with Crippen LogP contribution in [0, 0.1) is 17.8 Å². The molecule has 48 nitrogen and oxygen atoms in total. The molecule has 11 fully saturated rings. The average molecular weight is 2030 g/mol. The topological polar surface area (TPSA) is 645 Å². The van der Waals surface area contributed by atoms with Crippen molar-refractivity contribution in [3.8, 4) is 0 Å². The number of aliphatic hydroxyl groups is 1. The highest BCUT2D eigenvalue weighted by molar-refractivity contribution is 7.51. The van der Waals surface area contributed by atoms with Gasteiger partial charge in [0, 0.05) is 128 Å². The number of urea groups is 1. The summed E-state index contributed by atoms with van der Waals surface area (Å²) in [6.45, 7) is 11.2. The number of methoxy groups -OCH3 is 1. The number of imide groups is 1. The number of nitrogens with zero attached hydrogens (tertiary/aromatic N) is 2. The lowest BCUT2D eigenvalue weighted by Crippen LogP contribution is -2.61. The molecule has 1 aromatic carbocycles. The maximum Gasteiger partial charge on any atom is 0.472 e. The summed E-state index contributed by atoms with van der Waals surface area (Å²) < 4.78 is 116. The van der Waals surface area contributed by atoms with Gasteiger partial charge in [0.15, 0.2) is 5.79 Å². The van der Waals surface area contributed by atoms with E-state index >= 15 is 0 Å². The Kier molecular flexibility index (Phi) is 40.4. The molecule has 1 unspecified atom stereocenters. The van der Waals surface area contributed by atoms with E-state index in [1.165, 1.54) is 24.1 Å². The number of anilines is 1. The summed E-state index contributed by atoms with van der Waals surface area (Å²) in [6, 6.07) is -1.69. The minimum atomic E-state index is -4.70. The minimum Gasteiger partial charge on any atom is -0.464 e. The lowest BCUT2D eigenvalue weighted by atomic mass is 9.81. The zero-order valence-electron chi connectivity index (χ0n) is 79.8. The van der Waals surface area contributed by atoms with Crippen LogP contribution in [0.2, 0.25) is 0 Å². The first-order valence-corrected chi connectivity index (χ1v) is 51.4. The highest BCUT2D eigenvalue weighted by atomic mass is 31.2. The Morgan fingerprint density at radius 3 is 2.06 bits per heavy atom. The van der Waals surface area contributed by atoms with Crippen molar-refractivity contribution >= 4 is 104 Å². The number of ether oxygens (including phenoxy) is 13. The van der Waals surface area contributed by atoms with Crippen LogP contribution in [0.4, 0.5) is 15.3 Å². The van der Waals surface area contributed by atoms with Crippen molar-refractivity contribution in [3.05, 3.63) is 66.3 Å². The molecule has 12 heterocycles. The van der Waals surface area contributed by atoms with E-state index in [1.807, 2.05) is 0 Å². The molecule has 12 bridgehead atoms. The van der Waals surface area contributed by atoms with Gasteiger partial charge in [-0.15, -0.1) is 0 Å². The van der Waals surface area contributed by atoms with Gasteiger partial charge in [0.05, 0.1) is 133 Å². The van der Waals surface area contributed by atoms with E-state index in [2.05, 4.69) is 73.2 Å². The van der Waals surface area contributed by atoms with Crippen molar-refractivity contribution in [2.75, 3.05) is 118 Å². The molecule has 11 saturated heterocycles. The third-order valence-corrected chi connectivity index (χ3v) is 28.6. The Hall–Kier alpha value is -9.24. The molecule has 0 aromatic heterocycles. The monoisotopic (exact) mass is 2030 g/mol. The van der Waals surface area contributed by atoms with E-state index in [4.69, 9.17) is 86.1 Å². The van der Waals surface area contributed by atoms with Crippen molar-refractivity contribution in [1.82, 2.24) is 57.7 Å². The van der Waals surface area contributed by atoms with Gasteiger partial charge in [-0.25, -0.2) is 18.9 Å². The lowest BCUT2D eigenvalue weighted by molar-refractivity contribution is -0.292. The Morgan fingerprint density at radius 1 is 0.645 bits per heavy atom. The molecule has 784 valence electrons. The van der Waals surface area contributed by atoms with Gasteiger partial charge in [0.1, 0.15) is 73.1 Å². The third kappa shape index (κ3) is 32.1. The first-order valence-electron chi connectivity index (χ1n) is 48.1. The Labute approximate surface area is 815 Å². The first-order chi connectivity index (χ1) is 67.1. The van der Waals surface area contributed by atoms with E-state index in [0.29, 0.717) is 49.0 Å². The lowest BCUT2D eigenvalue weighted by Gasteiger charge is -2.47. The predicted molar refractivity (Wildman–Crippen MR) is 491 cm³/mol. The van der Waals surface area contributed by atoms with E-state index in [1.54, 1.807) is 33.1 Å². The van der Waals surface area contributed by atoms with Crippen molar-refractivity contribution in [2.45, 2.75) is 283 Å². The van der Waals surface area contributed by atoms with Crippen LogP contribution >= 0.6 is 15.4 Å². The van der Waals surface area contributed by atoms with E-state index < -0.39 is 235 Å². The highest BCUT2D eigenvalue weighted by Gasteiger charge is 2.69. The molecule has 1 spiro atoms. The van der Waals surface area contributed by atoms with Crippen LogP contribution < -0.4 is 58.9 Å². The number of phosphoric acid groups is 1. The average Bonchev–Trinajstić information content (AvgIpc) is 1.54. The SMILES string of the molecule is C=C1C[C@@H]2CC[C@@]34C[C@H]5O[C@H]6[C@@H](O3)[C@H]3O[C@H](CC[C@@H]3O[C@H]6[C@H]5O4)CC(=O)C[C@@H]3[C@@H](OC)[C@@H](C[C@H](O)CNC(=O)OCc4ccc(NC(=O)[C@H](CCCNC(N)=O)NC(=O)[C@@H](NC(=O)[C@H](CC(=O)N[C@H]5CCOC5=O)NC(=O)CN(C)CCNC(=O)CCOCCOCCOP(=O)(O)OCCNC(=O)[C@H](CNC(=O)CCP(=O)(O)O)N5C(=O)C=CC5=O)C(C)C)cc4)O[C@H]3C[C@H]3O[C@@H](CC[C@@H]1O2)C[C@@H](C)C3=C. The van der Waals surface area contributed by atoms with Crippen LogP contribution in [0.25, 0.3) is 0 Å². The number of hydrogen-bond acceptors (Lipinski definition) is 33. The molecule has 12 aliphatic rings. The molecule has 0 radical (unpaired) electrons. The quantitative estimate of drug-likeness (QED) is 0.0128. The van der Waals surface area contributed by atoms with Crippen molar-refractivity contribution < 1.29 is 167 Å². The molecular weight excluding hydrogens is 1900 g/mol. The van der Waals surface area contributed by atoms with Gasteiger partial charge in [0.25, 0.3) is 11.8 Å². The number of fused-ring (bicyclic) bond motifs is 6. The van der Waals surface area contributed by atoms with Crippen molar-refractivity contribution in [3.63, 3.8) is 0 Å². The molecule has 141 heavy (non-hydrogen) atoms. The number of alkyl carbamates (subject to hydrolysis) is 1. The number of cyclic esters (lactones) is 1. The summed E-state index contributed by atoms with van der Waals surface area (Å²) >= 11 is 0. The van der Waals surface area contributed by atoms with E-state index in [0.717, 1.165) is 49.0 Å². The number of esters is 1. The zero-order chi connectivity index (χ0) is 102. The molecule has 12 aliphatic heterocycles. The van der Waals surface area contributed by atoms with Crippen molar-refractivity contribution in [1.29, 1.82) is 0 Å². The van der Waals surface area contributed by atoms with Gasteiger partial charge in [-0.05, 0) is 106 Å². The van der Waals surface area contributed by atoms with E-state index in [-0.39, 0.29) is 184 Å². The molecule has 0 aliphatic carbocycles. The molecule has 25 atom stereocenters. The maximum atomic E-state index is 14.6. The number of carbonyl (C=O) groups excluding carboxylic acids is 14. The van der Waals surface area contributed by atoms with Gasteiger partial charge in [-0.1, -0.05) is 46.1 Å². The fourth-order valence-corrected chi connectivity index (χ4v) is 20.7. The van der Waals surface area contributed by atoms with Crippen LogP contribution in [0.15, 0.2) is 60.7 Å². The number of nitrogens with one attached hydrogen (secondary N) is 10. The van der Waals surface area contributed by atoms with Crippen LogP contribution in [-0.4, -0.2) is 359 Å². The minimum absolute atomic E-state index is 0.00464. The Bertz CT molecular complexity index is 4730. The normalized spacial score (nSPS) is 29.4. The van der Waals surface area contributed by atoms with Gasteiger partial charge < -0.3 is 140 Å². The first kappa shape index (κ1) is 111. The summed E-state index contributed by atoms with van der Waals surface area (Å²) in [4.78, 5) is 215. The number of amides is 13. The summed E-state index contributed by atoms with van der Waals surface area (Å²) in [7, 11) is -6.15. The number of hydrogen-bond donors (Lipinski definition) is 15. The van der Waals surface area contributed by atoms with E-state index in [9.17, 15) is 86.3 Å². The number of nitrogens with two attached hydrogens (primary N) is 1. The zero-order valence-corrected chi connectivity index (χ0v) is 81.6.